The molecule has 0 aliphatic rings. The van der Waals surface area contributed by atoms with Gasteiger partial charge in [-0.2, -0.15) is 8.78 Å². The van der Waals surface area contributed by atoms with E-state index in [-0.39, 0.29) is 23.4 Å². The summed E-state index contributed by atoms with van der Waals surface area (Å²) < 4.78 is 54.2. The summed E-state index contributed by atoms with van der Waals surface area (Å²) in [4.78, 5) is 0. The lowest BCUT2D eigenvalue weighted by atomic mass is 10.5. The lowest BCUT2D eigenvalue weighted by Gasteiger charge is -2.23. The Bertz CT molecular complexity index is 313. The highest BCUT2D eigenvalue weighted by molar-refractivity contribution is 14.1. The SMILES string of the molecule is CCOC/C(I)=C/C(F)(F)P(=O)(OCC)OCC. The second-order valence-corrected chi connectivity index (χ2v) is 6.64. The molecule has 0 heterocycles. The molecule has 8 heteroatoms. The molecule has 0 atom stereocenters. The normalized spacial score (nSPS) is 14.0. The van der Waals surface area contributed by atoms with Crippen molar-refractivity contribution >= 4 is 30.2 Å². The van der Waals surface area contributed by atoms with Crippen molar-refractivity contribution < 1.29 is 27.1 Å². The third-order valence-corrected chi connectivity index (χ3v) is 4.42. The number of hydrogen-bond donors (Lipinski definition) is 0. The minimum absolute atomic E-state index is 0.0465. The summed E-state index contributed by atoms with van der Waals surface area (Å²) in [6, 6.07) is 0. The van der Waals surface area contributed by atoms with Gasteiger partial charge < -0.3 is 13.8 Å². The van der Waals surface area contributed by atoms with E-state index in [9.17, 15) is 13.3 Å². The van der Waals surface area contributed by atoms with Crippen molar-refractivity contribution in [2.45, 2.75) is 26.4 Å². The predicted octanol–water partition coefficient (Wildman–Crippen LogP) is 4.20. The van der Waals surface area contributed by atoms with Gasteiger partial charge in [0.25, 0.3) is 0 Å². The molecular formula is C10H18F2IO4P. The van der Waals surface area contributed by atoms with Gasteiger partial charge in [0.2, 0.25) is 0 Å². The molecule has 0 aromatic rings. The maximum Gasteiger partial charge on any atom is 0.403 e. The second-order valence-electron chi connectivity index (χ2n) is 3.15. The number of ether oxygens (including phenoxy) is 1. The van der Waals surface area contributed by atoms with Crippen LogP contribution in [-0.2, 0) is 18.3 Å². The molecular weight excluding hydrogens is 380 g/mol. The molecule has 4 nitrogen and oxygen atoms in total. The van der Waals surface area contributed by atoms with Crippen LogP contribution >= 0.6 is 30.2 Å². The van der Waals surface area contributed by atoms with Gasteiger partial charge in [-0.3, -0.25) is 4.57 Å². The fourth-order valence-corrected chi connectivity index (χ4v) is 3.33. The molecule has 0 aromatic heterocycles. The van der Waals surface area contributed by atoms with Gasteiger partial charge in [-0.25, -0.2) is 0 Å². The lowest BCUT2D eigenvalue weighted by molar-refractivity contribution is 0.0781. The van der Waals surface area contributed by atoms with Gasteiger partial charge in [0.15, 0.2) is 0 Å². The van der Waals surface area contributed by atoms with Gasteiger partial charge in [0, 0.05) is 16.3 Å². The zero-order valence-electron chi connectivity index (χ0n) is 10.6. The molecule has 108 valence electrons. The Morgan fingerprint density at radius 1 is 1.22 bits per heavy atom. The largest absolute Gasteiger partial charge is 0.403 e. The Kier molecular flexibility index (Phi) is 8.79. The summed E-state index contributed by atoms with van der Waals surface area (Å²) in [5.41, 5.74) is -3.66. The first kappa shape index (κ1) is 18.4. The van der Waals surface area contributed by atoms with Crippen LogP contribution in [0.15, 0.2) is 9.66 Å². The van der Waals surface area contributed by atoms with Gasteiger partial charge in [0.1, 0.15) is 0 Å². The van der Waals surface area contributed by atoms with Crippen LogP contribution in [-0.4, -0.2) is 32.1 Å². The van der Waals surface area contributed by atoms with Gasteiger partial charge in [0.05, 0.1) is 19.8 Å². The molecule has 18 heavy (non-hydrogen) atoms. The Labute approximate surface area is 120 Å². The quantitative estimate of drug-likeness (QED) is 0.432. The Hall–Kier alpha value is 0.440. The van der Waals surface area contributed by atoms with Gasteiger partial charge in [-0.05, 0) is 43.4 Å². The molecule has 0 aliphatic carbocycles. The first-order chi connectivity index (χ1) is 8.33. The summed E-state index contributed by atoms with van der Waals surface area (Å²) in [6.07, 6.45) is 0.579. The maximum absolute atomic E-state index is 13.9. The molecule has 0 bridgehead atoms. The molecule has 0 N–H and O–H groups in total. The average Bonchev–Trinajstić information content (AvgIpc) is 2.26. The van der Waals surface area contributed by atoms with E-state index in [2.05, 4.69) is 9.05 Å². The predicted molar refractivity (Wildman–Crippen MR) is 74.4 cm³/mol. The Balaban J connectivity index is 4.99. The van der Waals surface area contributed by atoms with Gasteiger partial charge in [-0.15, -0.1) is 0 Å². The van der Waals surface area contributed by atoms with Crippen LogP contribution < -0.4 is 0 Å². The van der Waals surface area contributed by atoms with Crippen molar-refractivity contribution in [3.8, 4) is 0 Å². The molecule has 0 saturated carbocycles. The standard InChI is InChI=1S/C10H18F2IO4P/c1-4-15-8-9(13)7-10(11,12)18(14,16-5-2)17-6-3/h7H,4-6,8H2,1-3H3/b9-7-. The second kappa shape index (κ2) is 8.58. The van der Waals surface area contributed by atoms with E-state index in [4.69, 9.17) is 4.74 Å². The highest BCUT2D eigenvalue weighted by atomic mass is 127. The van der Waals surface area contributed by atoms with Crippen LogP contribution in [0.3, 0.4) is 0 Å². The molecule has 0 aromatic carbocycles. The van der Waals surface area contributed by atoms with Crippen molar-refractivity contribution in [2.24, 2.45) is 0 Å². The molecule has 0 unspecified atom stereocenters. The van der Waals surface area contributed by atoms with E-state index in [0.717, 1.165) is 0 Å². The molecule has 0 amide bonds. The zero-order chi connectivity index (χ0) is 14.2. The van der Waals surface area contributed by atoms with Crippen LogP contribution in [0.4, 0.5) is 8.78 Å². The highest BCUT2D eigenvalue weighted by Gasteiger charge is 2.51. The van der Waals surface area contributed by atoms with Crippen LogP contribution in [0.1, 0.15) is 20.8 Å². The first-order valence-electron chi connectivity index (χ1n) is 5.55. The summed E-state index contributed by atoms with van der Waals surface area (Å²) in [7, 11) is -4.48. The highest BCUT2D eigenvalue weighted by Crippen LogP contribution is 2.62. The maximum atomic E-state index is 13.9. The average molecular weight is 398 g/mol. The third-order valence-electron chi connectivity index (χ3n) is 1.74. The third kappa shape index (κ3) is 5.61. The Morgan fingerprint density at radius 2 is 1.72 bits per heavy atom. The fraction of sp³-hybridized carbons (Fsp3) is 0.800. The number of alkyl halides is 2. The number of allylic oxidation sites excluding steroid dienone is 1. The molecule has 0 saturated heterocycles. The first-order valence-corrected chi connectivity index (χ1v) is 8.17. The summed E-state index contributed by atoms with van der Waals surface area (Å²) in [5, 5.41) is 0. The van der Waals surface area contributed by atoms with E-state index < -0.39 is 13.3 Å². The van der Waals surface area contributed by atoms with Crippen molar-refractivity contribution in [3.63, 3.8) is 0 Å². The summed E-state index contributed by atoms with van der Waals surface area (Å²) in [6.45, 7) is 4.97. The molecule has 0 aliphatic heterocycles. The van der Waals surface area contributed by atoms with Crippen LogP contribution in [0.5, 0.6) is 0 Å². The van der Waals surface area contributed by atoms with Gasteiger partial charge >= 0.3 is 13.3 Å². The molecule has 0 radical (unpaired) electrons. The van der Waals surface area contributed by atoms with Crippen molar-refractivity contribution in [1.29, 1.82) is 0 Å². The van der Waals surface area contributed by atoms with Crippen molar-refractivity contribution in [2.75, 3.05) is 26.4 Å². The molecule has 0 spiro atoms. The van der Waals surface area contributed by atoms with Gasteiger partial charge in [-0.1, -0.05) is 0 Å². The summed E-state index contributed by atoms with van der Waals surface area (Å²) >= 11 is 1.71. The van der Waals surface area contributed by atoms with E-state index in [1.54, 1.807) is 29.5 Å². The number of hydrogen-bond acceptors (Lipinski definition) is 4. The molecule has 0 rings (SSSR count). The minimum atomic E-state index is -4.48. The smallest absolute Gasteiger partial charge is 0.377 e. The van der Waals surface area contributed by atoms with Crippen LogP contribution in [0.2, 0.25) is 0 Å². The van der Waals surface area contributed by atoms with E-state index in [1.165, 1.54) is 13.8 Å². The lowest BCUT2D eigenvalue weighted by Crippen LogP contribution is -2.18. The van der Waals surface area contributed by atoms with E-state index in [0.29, 0.717) is 12.7 Å². The Morgan fingerprint density at radius 3 is 2.11 bits per heavy atom. The minimum Gasteiger partial charge on any atom is -0.377 e. The fourth-order valence-electron chi connectivity index (χ4n) is 1.06. The number of halogens is 3. The zero-order valence-corrected chi connectivity index (χ0v) is 13.7. The van der Waals surface area contributed by atoms with Crippen LogP contribution in [0.25, 0.3) is 0 Å². The number of rotatable bonds is 9. The van der Waals surface area contributed by atoms with Crippen LogP contribution in [0, 0.1) is 0 Å². The summed E-state index contributed by atoms with van der Waals surface area (Å²) in [5.74, 6) is 0. The van der Waals surface area contributed by atoms with Crippen molar-refractivity contribution in [1.82, 2.24) is 0 Å². The topological polar surface area (TPSA) is 44.8 Å². The molecule has 0 fully saturated rings. The van der Waals surface area contributed by atoms with Crippen molar-refractivity contribution in [3.05, 3.63) is 9.66 Å². The van der Waals surface area contributed by atoms with E-state index in [1.807, 2.05) is 0 Å². The monoisotopic (exact) mass is 398 g/mol. The van der Waals surface area contributed by atoms with E-state index >= 15 is 0 Å².